The van der Waals surface area contributed by atoms with E-state index in [1.807, 2.05) is 0 Å². The van der Waals surface area contributed by atoms with Crippen molar-refractivity contribution in [1.29, 1.82) is 0 Å². The zero-order valence-corrected chi connectivity index (χ0v) is 7.49. The van der Waals surface area contributed by atoms with Crippen molar-refractivity contribution >= 4 is 17.0 Å². The number of aromatic carboxylic acids is 1. The predicted molar refractivity (Wildman–Crippen MR) is 49.4 cm³/mol. The average Bonchev–Trinajstić information content (AvgIpc) is 2.23. The normalized spacial score (nSPS) is 10.4. The van der Waals surface area contributed by atoms with Gasteiger partial charge in [-0.25, -0.2) is 4.79 Å². The molecule has 15 heavy (non-hydrogen) atoms. The first kappa shape index (κ1) is 9.20. The molecule has 1 aromatic heterocycles. The topological polar surface area (TPSA) is 85.4 Å². The fourth-order valence-corrected chi connectivity index (χ4v) is 1.34. The summed E-state index contributed by atoms with van der Waals surface area (Å²) >= 11 is 0. The van der Waals surface area contributed by atoms with Gasteiger partial charge in [-0.1, -0.05) is 12.1 Å². The second kappa shape index (κ2) is 3.09. The van der Waals surface area contributed by atoms with Gasteiger partial charge in [-0.05, 0) is 6.07 Å². The van der Waals surface area contributed by atoms with Crippen molar-refractivity contribution in [1.82, 2.24) is 4.73 Å². The SMILES string of the molecule is O=C(O)c1c[n+](=O)c2ccccc2n1O. The van der Waals surface area contributed by atoms with Crippen LogP contribution in [0.15, 0.2) is 30.5 Å². The molecular formula is C9H7N2O4+. The molecule has 2 aromatic rings. The van der Waals surface area contributed by atoms with Crippen molar-refractivity contribution in [3.05, 3.63) is 41.1 Å². The minimum atomic E-state index is -1.37. The molecule has 1 aromatic carbocycles. The van der Waals surface area contributed by atoms with Crippen LogP contribution in [0.25, 0.3) is 11.0 Å². The molecule has 0 fully saturated rings. The van der Waals surface area contributed by atoms with Gasteiger partial charge < -0.3 is 10.3 Å². The van der Waals surface area contributed by atoms with Crippen molar-refractivity contribution < 1.29 is 19.5 Å². The van der Waals surface area contributed by atoms with Gasteiger partial charge in [0.1, 0.15) is 0 Å². The van der Waals surface area contributed by atoms with Crippen LogP contribution < -0.4 is 4.43 Å². The molecule has 0 saturated carbocycles. The number of hydrogen-bond acceptors (Lipinski definition) is 3. The van der Waals surface area contributed by atoms with Gasteiger partial charge in [0.05, 0.1) is 4.43 Å². The molecule has 0 radical (unpaired) electrons. The lowest BCUT2D eigenvalue weighted by atomic mass is 10.3. The van der Waals surface area contributed by atoms with Crippen molar-refractivity contribution in [2.75, 3.05) is 0 Å². The number of nitrogens with zero attached hydrogens (tertiary/aromatic N) is 2. The van der Waals surface area contributed by atoms with E-state index in [1.54, 1.807) is 12.1 Å². The van der Waals surface area contributed by atoms with Crippen LogP contribution in [0.5, 0.6) is 0 Å². The molecule has 6 heteroatoms. The maximum atomic E-state index is 11.4. The molecule has 0 spiro atoms. The standard InChI is InChI=1S/C9H6N2O4/c12-9(13)8-5-10(14)6-3-1-2-4-7(6)11(8)15/h1-5,15H/p+1. The number of carbonyl (C=O) groups is 1. The van der Waals surface area contributed by atoms with E-state index in [9.17, 15) is 14.9 Å². The van der Waals surface area contributed by atoms with Crippen molar-refractivity contribution in [2.24, 2.45) is 0 Å². The van der Waals surface area contributed by atoms with E-state index in [0.717, 1.165) is 6.20 Å². The quantitative estimate of drug-likeness (QED) is 0.526. The molecule has 1 heterocycles. The predicted octanol–water partition coefficient (Wildman–Crippen LogP) is 0.491. The number of fused-ring (bicyclic) bond motifs is 1. The summed E-state index contributed by atoms with van der Waals surface area (Å²) in [5.41, 5.74) is -0.138. The van der Waals surface area contributed by atoms with Crippen LogP contribution in [0.2, 0.25) is 0 Å². The van der Waals surface area contributed by atoms with Crippen LogP contribution in [0.3, 0.4) is 0 Å². The summed E-state index contributed by atoms with van der Waals surface area (Å²) in [4.78, 5) is 22.1. The Balaban J connectivity index is 2.97. The summed E-state index contributed by atoms with van der Waals surface area (Å²) in [6.45, 7) is 0. The molecule has 0 aliphatic rings. The zero-order valence-electron chi connectivity index (χ0n) is 7.49. The van der Waals surface area contributed by atoms with E-state index < -0.39 is 11.7 Å². The van der Waals surface area contributed by atoms with Gasteiger partial charge in [0.15, 0.2) is 5.52 Å². The molecule has 0 bridgehead atoms. The lowest BCUT2D eigenvalue weighted by Crippen LogP contribution is -2.23. The van der Waals surface area contributed by atoms with E-state index in [-0.39, 0.29) is 11.0 Å². The minimum Gasteiger partial charge on any atom is -0.476 e. The van der Waals surface area contributed by atoms with Gasteiger partial charge in [-0.3, -0.25) is 0 Å². The maximum Gasteiger partial charge on any atom is 0.362 e. The number of benzene rings is 1. The Morgan fingerprint density at radius 3 is 2.67 bits per heavy atom. The third kappa shape index (κ3) is 1.32. The Labute approximate surface area is 83.2 Å². The fraction of sp³-hybridized carbons (Fsp3) is 0. The van der Waals surface area contributed by atoms with E-state index in [4.69, 9.17) is 5.11 Å². The number of para-hydroxylation sites is 2. The van der Waals surface area contributed by atoms with E-state index in [2.05, 4.69) is 0 Å². The third-order valence-electron chi connectivity index (χ3n) is 2.03. The summed E-state index contributed by atoms with van der Waals surface area (Å²) in [6.07, 6.45) is 0.810. The molecule has 76 valence electrons. The van der Waals surface area contributed by atoms with E-state index >= 15 is 0 Å². The Morgan fingerprint density at radius 2 is 2.00 bits per heavy atom. The van der Waals surface area contributed by atoms with Gasteiger partial charge in [0, 0.05) is 11.0 Å². The van der Waals surface area contributed by atoms with E-state index in [1.165, 1.54) is 12.1 Å². The van der Waals surface area contributed by atoms with Crippen LogP contribution in [-0.4, -0.2) is 21.0 Å². The molecule has 0 atom stereocenters. The van der Waals surface area contributed by atoms with Crippen LogP contribution in [0, 0.1) is 4.91 Å². The fourth-order valence-electron chi connectivity index (χ4n) is 1.34. The van der Waals surface area contributed by atoms with Gasteiger partial charge in [0.25, 0.3) is 11.7 Å². The summed E-state index contributed by atoms with van der Waals surface area (Å²) in [5.74, 6) is -1.37. The highest BCUT2D eigenvalue weighted by Gasteiger charge is 2.19. The van der Waals surface area contributed by atoms with Crippen LogP contribution in [-0.2, 0) is 0 Å². The molecule has 6 nitrogen and oxygen atoms in total. The van der Waals surface area contributed by atoms with E-state index in [0.29, 0.717) is 9.16 Å². The Kier molecular flexibility index (Phi) is 1.89. The molecule has 2 N–H and O–H groups in total. The highest BCUT2D eigenvalue weighted by atomic mass is 16.5. The molecule has 0 unspecified atom stereocenters. The molecule has 2 rings (SSSR count). The monoisotopic (exact) mass is 207 g/mol. The number of carboxylic acids is 1. The second-order valence-electron chi connectivity index (χ2n) is 2.95. The maximum absolute atomic E-state index is 11.4. The van der Waals surface area contributed by atoms with Gasteiger partial charge in [-0.2, -0.15) is 4.73 Å². The molecule has 0 saturated heterocycles. The summed E-state index contributed by atoms with van der Waals surface area (Å²) in [5, 5.41) is 18.2. The highest BCUT2D eigenvalue weighted by molar-refractivity contribution is 5.87. The molecule has 0 aliphatic carbocycles. The summed E-state index contributed by atoms with van der Waals surface area (Å²) < 4.78 is 0.886. The van der Waals surface area contributed by atoms with Crippen molar-refractivity contribution in [3.63, 3.8) is 0 Å². The lowest BCUT2D eigenvalue weighted by molar-refractivity contribution is -0.465. The number of aromatic nitrogens is 2. The van der Waals surface area contributed by atoms with Crippen molar-refractivity contribution in [3.8, 4) is 0 Å². The minimum absolute atomic E-state index is 0.146. The molecule has 0 amide bonds. The third-order valence-corrected chi connectivity index (χ3v) is 2.03. The van der Waals surface area contributed by atoms with Gasteiger partial charge >= 0.3 is 5.97 Å². The second-order valence-corrected chi connectivity index (χ2v) is 2.95. The van der Waals surface area contributed by atoms with Gasteiger partial charge in [0.2, 0.25) is 5.69 Å². The van der Waals surface area contributed by atoms with Crippen molar-refractivity contribution in [2.45, 2.75) is 0 Å². The zero-order chi connectivity index (χ0) is 11.0. The molecular weight excluding hydrogens is 200 g/mol. The average molecular weight is 207 g/mol. The number of rotatable bonds is 1. The first-order valence-electron chi connectivity index (χ1n) is 4.11. The largest absolute Gasteiger partial charge is 0.476 e. The van der Waals surface area contributed by atoms with Crippen LogP contribution in [0.1, 0.15) is 10.5 Å². The Bertz CT molecular complexity index is 603. The highest BCUT2D eigenvalue weighted by Crippen LogP contribution is 2.09. The first-order valence-corrected chi connectivity index (χ1v) is 4.11. The summed E-state index contributed by atoms with van der Waals surface area (Å²) in [6, 6.07) is 6.16. The smallest absolute Gasteiger partial charge is 0.362 e. The lowest BCUT2D eigenvalue weighted by Gasteiger charge is -2.01. The molecule has 0 aliphatic heterocycles. The van der Waals surface area contributed by atoms with Crippen LogP contribution >= 0.6 is 0 Å². The number of hydrogen-bond donors (Lipinski definition) is 2. The summed E-state index contributed by atoms with van der Waals surface area (Å²) in [7, 11) is 0. The first-order chi connectivity index (χ1) is 7.11. The number of carboxylic acid groups (broad SMARTS) is 1. The van der Waals surface area contributed by atoms with Gasteiger partial charge in [-0.15, -0.1) is 0 Å². The van der Waals surface area contributed by atoms with Crippen LogP contribution in [0.4, 0.5) is 0 Å². The Hall–Kier alpha value is -2.37. The Morgan fingerprint density at radius 1 is 1.33 bits per heavy atom.